The standard InChI is InChI=1S/C30H41ClFN5O6/c31-24-16-33-29(34-17-24)37-9-5-21(6-10-37)2-1-13-43-25-4-3-23(26(32)15-25)14-27(40)36-11-7-22(8-12-36)28(41)35-18-30(42,19-38)20-39/h3-4,15-17,21-22,38-39,42H,1-2,5-14,18-20H2,(H,35,41). The Kier molecular flexibility index (Phi) is 11.9. The van der Waals surface area contributed by atoms with Crippen molar-refractivity contribution in [3.8, 4) is 5.75 Å². The number of rotatable bonds is 13. The molecular weight excluding hydrogens is 581 g/mol. The number of piperidine rings is 2. The van der Waals surface area contributed by atoms with Gasteiger partial charge in [0.25, 0.3) is 0 Å². The summed E-state index contributed by atoms with van der Waals surface area (Å²) in [6, 6.07) is 4.59. The molecule has 13 heteroatoms. The lowest BCUT2D eigenvalue weighted by molar-refractivity contribution is -0.135. The number of likely N-dealkylation sites (tertiary alicyclic amines) is 1. The number of aromatic nitrogens is 2. The van der Waals surface area contributed by atoms with E-state index in [9.17, 15) is 19.1 Å². The first kappa shape index (κ1) is 32.8. The highest BCUT2D eigenvalue weighted by atomic mass is 35.5. The highest BCUT2D eigenvalue weighted by molar-refractivity contribution is 6.30. The maximum Gasteiger partial charge on any atom is 0.227 e. The third-order valence-corrected chi connectivity index (χ3v) is 8.49. The summed E-state index contributed by atoms with van der Waals surface area (Å²) in [4.78, 5) is 37.6. The molecule has 2 fully saturated rings. The molecule has 0 spiro atoms. The maximum atomic E-state index is 14.8. The Hall–Kier alpha value is -3.06. The molecule has 2 aliphatic rings. The minimum Gasteiger partial charge on any atom is -0.493 e. The number of hydrogen-bond acceptors (Lipinski definition) is 9. The Labute approximate surface area is 256 Å². The molecule has 2 amide bonds. The van der Waals surface area contributed by atoms with Gasteiger partial charge < -0.3 is 35.2 Å². The summed E-state index contributed by atoms with van der Waals surface area (Å²) < 4.78 is 20.6. The molecular formula is C30H41ClFN5O6. The van der Waals surface area contributed by atoms with Crippen LogP contribution < -0.4 is 15.0 Å². The van der Waals surface area contributed by atoms with Gasteiger partial charge in [0.15, 0.2) is 0 Å². The average molecular weight is 622 g/mol. The molecule has 4 N–H and O–H groups in total. The second kappa shape index (κ2) is 15.6. The molecule has 43 heavy (non-hydrogen) atoms. The van der Waals surface area contributed by atoms with E-state index >= 15 is 0 Å². The summed E-state index contributed by atoms with van der Waals surface area (Å²) in [6.45, 7) is 1.38. The van der Waals surface area contributed by atoms with Gasteiger partial charge in [0.2, 0.25) is 17.8 Å². The van der Waals surface area contributed by atoms with Gasteiger partial charge >= 0.3 is 0 Å². The van der Waals surface area contributed by atoms with E-state index in [-0.39, 0.29) is 30.7 Å². The van der Waals surface area contributed by atoms with Gasteiger partial charge in [0.05, 0.1) is 50.2 Å². The van der Waals surface area contributed by atoms with Crippen molar-refractivity contribution in [2.24, 2.45) is 11.8 Å². The minimum atomic E-state index is -1.77. The number of carbonyl (C=O) groups is 2. The molecule has 0 bridgehead atoms. The Morgan fingerprint density at radius 1 is 1.07 bits per heavy atom. The van der Waals surface area contributed by atoms with E-state index in [4.69, 9.17) is 26.6 Å². The SMILES string of the molecule is O=C(NCC(O)(CO)CO)C1CCN(C(=O)Cc2ccc(OCCCC3CCN(c4ncc(Cl)cn4)CC3)cc2F)CC1. The second-order valence-electron chi connectivity index (χ2n) is 11.5. The summed E-state index contributed by atoms with van der Waals surface area (Å²) in [5, 5.41) is 31.3. The number of anilines is 1. The third-order valence-electron chi connectivity index (χ3n) is 8.29. The molecule has 236 valence electrons. The molecule has 0 unspecified atom stereocenters. The summed E-state index contributed by atoms with van der Waals surface area (Å²) in [6.07, 6.45) is 7.99. The average Bonchev–Trinajstić information content (AvgIpc) is 3.03. The smallest absolute Gasteiger partial charge is 0.227 e. The summed E-state index contributed by atoms with van der Waals surface area (Å²) in [5.74, 6) is 0.378. The number of nitrogens with one attached hydrogen (secondary N) is 1. The number of aliphatic hydroxyl groups is 3. The van der Waals surface area contributed by atoms with Crippen molar-refractivity contribution < 1.29 is 34.0 Å². The molecule has 2 aliphatic heterocycles. The fourth-order valence-electron chi connectivity index (χ4n) is 5.44. The fourth-order valence-corrected chi connectivity index (χ4v) is 5.53. The molecule has 0 radical (unpaired) electrons. The van der Waals surface area contributed by atoms with Crippen LogP contribution in [0.1, 0.15) is 44.1 Å². The number of hydrogen-bond donors (Lipinski definition) is 4. The van der Waals surface area contributed by atoms with E-state index < -0.39 is 24.6 Å². The zero-order valence-corrected chi connectivity index (χ0v) is 25.0. The van der Waals surface area contributed by atoms with E-state index in [0.29, 0.717) is 60.7 Å². The number of halogens is 2. The lowest BCUT2D eigenvalue weighted by Crippen LogP contribution is -2.51. The Balaban J connectivity index is 1.13. The van der Waals surface area contributed by atoms with Crippen LogP contribution in [0.15, 0.2) is 30.6 Å². The topological polar surface area (TPSA) is 148 Å². The van der Waals surface area contributed by atoms with Crippen LogP contribution in [0, 0.1) is 17.7 Å². The lowest BCUT2D eigenvalue weighted by atomic mass is 9.92. The van der Waals surface area contributed by atoms with E-state index in [1.54, 1.807) is 29.4 Å². The van der Waals surface area contributed by atoms with Crippen LogP contribution >= 0.6 is 11.6 Å². The first-order chi connectivity index (χ1) is 20.7. The van der Waals surface area contributed by atoms with Crippen LogP contribution in [0.3, 0.4) is 0 Å². The third kappa shape index (κ3) is 9.46. The van der Waals surface area contributed by atoms with Gasteiger partial charge in [0, 0.05) is 38.2 Å². The number of amides is 2. The summed E-state index contributed by atoms with van der Waals surface area (Å²) >= 11 is 5.87. The molecule has 1 aromatic carbocycles. The maximum absolute atomic E-state index is 14.8. The number of carbonyl (C=O) groups excluding carboxylic acids is 2. The Bertz CT molecular complexity index is 1200. The number of ether oxygens (including phenoxy) is 1. The number of benzene rings is 1. The first-order valence-electron chi connectivity index (χ1n) is 14.8. The normalized spacial score (nSPS) is 16.8. The van der Waals surface area contributed by atoms with Gasteiger partial charge in [-0.2, -0.15) is 0 Å². The van der Waals surface area contributed by atoms with Gasteiger partial charge in [-0.05, 0) is 56.1 Å². The molecule has 0 atom stereocenters. The van der Waals surface area contributed by atoms with Gasteiger partial charge in [0.1, 0.15) is 17.2 Å². The molecule has 3 heterocycles. The first-order valence-corrected chi connectivity index (χ1v) is 15.2. The van der Waals surface area contributed by atoms with Gasteiger partial charge in [-0.15, -0.1) is 0 Å². The summed E-state index contributed by atoms with van der Waals surface area (Å²) in [5.41, 5.74) is -1.48. The monoisotopic (exact) mass is 621 g/mol. The van der Waals surface area contributed by atoms with Crippen LogP contribution in [-0.2, 0) is 16.0 Å². The zero-order valence-electron chi connectivity index (χ0n) is 24.3. The second-order valence-corrected chi connectivity index (χ2v) is 11.9. The molecule has 0 saturated carbocycles. The van der Waals surface area contributed by atoms with E-state index in [0.717, 1.165) is 38.8 Å². The van der Waals surface area contributed by atoms with Crippen molar-refractivity contribution >= 4 is 29.4 Å². The minimum absolute atomic E-state index is 0.0806. The van der Waals surface area contributed by atoms with Gasteiger partial charge in [-0.1, -0.05) is 17.7 Å². The van der Waals surface area contributed by atoms with Crippen LogP contribution in [0.5, 0.6) is 5.75 Å². The van der Waals surface area contributed by atoms with Crippen molar-refractivity contribution in [3.05, 3.63) is 47.0 Å². The Morgan fingerprint density at radius 3 is 2.37 bits per heavy atom. The van der Waals surface area contributed by atoms with Crippen LogP contribution in [0.25, 0.3) is 0 Å². The van der Waals surface area contributed by atoms with E-state index in [1.165, 1.54) is 6.07 Å². The van der Waals surface area contributed by atoms with Gasteiger partial charge in [-0.3, -0.25) is 9.59 Å². The fraction of sp³-hybridized carbons (Fsp3) is 0.600. The predicted octanol–water partition coefficient (Wildman–Crippen LogP) is 1.96. The predicted molar refractivity (Wildman–Crippen MR) is 158 cm³/mol. The van der Waals surface area contributed by atoms with Crippen LogP contribution in [-0.4, -0.2) is 100 Å². The van der Waals surface area contributed by atoms with Crippen molar-refractivity contribution in [1.82, 2.24) is 20.2 Å². The number of nitrogens with zero attached hydrogens (tertiary/aromatic N) is 4. The molecule has 2 saturated heterocycles. The van der Waals surface area contributed by atoms with E-state index in [1.807, 2.05) is 0 Å². The Morgan fingerprint density at radius 2 is 1.74 bits per heavy atom. The van der Waals surface area contributed by atoms with Crippen LogP contribution in [0.2, 0.25) is 5.02 Å². The lowest BCUT2D eigenvalue weighted by Gasteiger charge is -2.32. The van der Waals surface area contributed by atoms with Crippen molar-refractivity contribution in [2.75, 3.05) is 57.4 Å². The van der Waals surface area contributed by atoms with Crippen molar-refractivity contribution in [3.63, 3.8) is 0 Å². The molecule has 11 nitrogen and oxygen atoms in total. The summed E-state index contributed by atoms with van der Waals surface area (Å²) in [7, 11) is 0. The van der Waals surface area contributed by atoms with E-state index in [2.05, 4.69) is 20.2 Å². The number of aliphatic hydroxyl groups excluding tert-OH is 2. The molecule has 2 aromatic rings. The molecule has 4 rings (SSSR count). The van der Waals surface area contributed by atoms with Crippen molar-refractivity contribution in [1.29, 1.82) is 0 Å². The quantitative estimate of drug-likeness (QED) is 0.246. The van der Waals surface area contributed by atoms with Crippen LogP contribution in [0.4, 0.5) is 10.3 Å². The molecule has 0 aliphatic carbocycles. The highest BCUT2D eigenvalue weighted by Crippen LogP contribution is 2.25. The van der Waals surface area contributed by atoms with Crippen molar-refractivity contribution in [2.45, 2.75) is 50.5 Å². The largest absolute Gasteiger partial charge is 0.493 e. The highest BCUT2D eigenvalue weighted by Gasteiger charge is 2.31. The molecule has 1 aromatic heterocycles. The zero-order chi connectivity index (χ0) is 30.8. The van der Waals surface area contributed by atoms with Gasteiger partial charge in [-0.25, -0.2) is 14.4 Å².